The first-order valence-corrected chi connectivity index (χ1v) is 24.5. The van der Waals surface area contributed by atoms with Crippen LogP contribution in [0.4, 0.5) is 21.0 Å². The molecule has 0 unspecified atom stereocenters. The van der Waals surface area contributed by atoms with Gasteiger partial charge in [-0.1, -0.05) is 73.5 Å². The number of nitrogens with one attached hydrogen (secondary N) is 2. The molecule has 0 atom stereocenters. The van der Waals surface area contributed by atoms with Crippen LogP contribution in [0.5, 0.6) is 0 Å². The van der Waals surface area contributed by atoms with E-state index in [9.17, 15) is 38.4 Å². The number of ketones is 2. The fourth-order valence-electron chi connectivity index (χ4n) is 9.37. The summed E-state index contributed by atoms with van der Waals surface area (Å²) in [6.07, 6.45) is 2.54. The van der Waals surface area contributed by atoms with Gasteiger partial charge in [-0.25, -0.2) is 14.5 Å². The maximum Gasteiger partial charge on any atom is 0.422 e. The van der Waals surface area contributed by atoms with Crippen LogP contribution in [0, 0.1) is 0 Å². The van der Waals surface area contributed by atoms with Gasteiger partial charge in [0.15, 0.2) is 0 Å². The number of ether oxygens (including phenoxy) is 4. The third-order valence-electron chi connectivity index (χ3n) is 13.3. The van der Waals surface area contributed by atoms with Crippen molar-refractivity contribution in [1.29, 1.82) is 0 Å². The molecular formula is C56H64N4O12. The number of esters is 2. The van der Waals surface area contributed by atoms with Gasteiger partial charge in [0.2, 0.25) is 0 Å². The third-order valence-corrected chi connectivity index (χ3v) is 13.3. The van der Waals surface area contributed by atoms with E-state index in [4.69, 9.17) is 18.9 Å². The van der Waals surface area contributed by atoms with Crippen molar-refractivity contribution in [1.82, 2.24) is 10.2 Å². The van der Waals surface area contributed by atoms with Crippen LogP contribution < -0.4 is 15.5 Å². The Morgan fingerprint density at radius 3 is 1.60 bits per heavy atom. The number of nitrogens with zero attached hydrogens (tertiary/aromatic N) is 2. The molecule has 3 heterocycles. The van der Waals surface area contributed by atoms with Crippen LogP contribution in [0.1, 0.15) is 148 Å². The number of hydrogen-bond acceptors (Lipinski definition) is 13. The molecule has 16 heteroatoms. The zero-order valence-electron chi connectivity index (χ0n) is 42.4. The van der Waals surface area contributed by atoms with Crippen LogP contribution in [0.3, 0.4) is 0 Å². The van der Waals surface area contributed by atoms with E-state index in [2.05, 4.69) is 34.9 Å². The van der Waals surface area contributed by atoms with Crippen LogP contribution in [0.25, 0.3) is 0 Å². The Morgan fingerprint density at radius 2 is 1.12 bits per heavy atom. The van der Waals surface area contributed by atoms with E-state index in [0.29, 0.717) is 49.9 Å². The topological polar surface area (TPSA) is 204 Å². The first kappa shape index (κ1) is 52.6. The third kappa shape index (κ3) is 11.1. The molecule has 0 saturated heterocycles. The normalized spacial score (nSPS) is 16.7. The molecule has 9 rings (SSSR count). The molecule has 0 aromatic heterocycles. The van der Waals surface area contributed by atoms with Crippen LogP contribution in [-0.2, 0) is 75.1 Å². The molecule has 5 aliphatic rings. The van der Waals surface area contributed by atoms with E-state index in [-0.39, 0.29) is 47.7 Å². The molecule has 2 saturated carbocycles. The predicted molar refractivity (Wildman–Crippen MR) is 267 cm³/mol. The Hall–Kier alpha value is -7.20. The number of fused-ring (bicyclic) bond motifs is 3. The number of anilines is 2. The summed E-state index contributed by atoms with van der Waals surface area (Å²) < 4.78 is 21.1. The molecule has 3 aliphatic heterocycles. The van der Waals surface area contributed by atoms with E-state index in [0.717, 1.165) is 42.0 Å². The lowest BCUT2D eigenvalue weighted by Crippen LogP contribution is -2.44. The quantitative estimate of drug-likeness (QED) is 0.0696. The van der Waals surface area contributed by atoms with Crippen LogP contribution in [-0.4, -0.2) is 76.8 Å². The SMILES string of the molecule is CCOC(=O)C1(c2ccc(NC(=O)OC(C)(C)C)c(C(=O)C(=O)N3Cc4ccccc4C3)c2)CCC1.CCOC(=O)C1(c2ccc3c(c2)C(=O)C(=O)N3C(=O)OC(C)(C)C)CCC1.c1ccc2c(c1)CNC2. The number of hydrogen-bond donors (Lipinski definition) is 2. The molecule has 4 aromatic carbocycles. The highest BCUT2D eigenvalue weighted by Gasteiger charge is 2.50. The minimum atomic E-state index is -0.949. The number of imide groups is 1. The predicted octanol–water partition coefficient (Wildman–Crippen LogP) is 9.17. The zero-order chi connectivity index (χ0) is 52.2. The summed E-state index contributed by atoms with van der Waals surface area (Å²) in [5.41, 5.74) is 3.42. The second-order valence-electron chi connectivity index (χ2n) is 20.5. The van der Waals surface area contributed by atoms with Gasteiger partial charge >= 0.3 is 30.0 Å². The zero-order valence-corrected chi connectivity index (χ0v) is 42.4. The summed E-state index contributed by atoms with van der Waals surface area (Å²) in [6.45, 7) is 17.0. The molecule has 72 heavy (non-hydrogen) atoms. The minimum Gasteiger partial charge on any atom is -0.465 e. The second kappa shape index (κ2) is 21.3. The number of carbonyl (C=O) groups excluding carboxylic acids is 8. The summed E-state index contributed by atoms with van der Waals surface area (Å²) in [7, 11) is 0. The highest BCUT2D eigenvalue weighted by molar-refractivity contribution is 6.56. The van der Waals surface area contributed by atoms with Crippen molar-refractivity contribution in [3.8, 4) is 0 Å². The summed E-state index contributed by atoms with van der Waals surface area (Å²) in [4.78, 5) is 104. The first-order chi connectivity index (χ1) is 34.1. The number of amides is 4. The van der Waals surface area contributed by atoms with Crippen LogP contribution >= 0.6 is 0 Å². The van der Waals surface area contributed by atoms with Gasteiger partial charge in [-0.3, -0.25) is 34.1 Å². The van der Waals surface area contributed by atoms with Gasteiger partial charge in [-0.05, 0) is 139 Å². The number of rotatable bonds is 9. The molecule has 2 aliphatic carbocycles. The Balaban J connectivity index is 0.000000184. The molecule has 0 spiro atoms. The van der Waals surface area contributed by atoms with Gasteiger partial charge in [0.05, 0.1) is 46.5 Å². The Morgan fingerprint density at radius 1 is 0.639 bits per heavy atom. The van der Waals surface area contributed by atoms with Crippen molar-refractivity contribution in [3.05, 3.63) is 129 Å². The molecule has 2 fully saturated rings. The summed E-state index contributed by atoms with van der Waals surface area (Å²) in [5.74, 6) is -3.82. The molecule has 0 bridgehead atoms. The maximum atomic E-state index is 13.6. The Bertz CT molecular complexity index is 2750. The number of benzene rings is 4. The first-order valence-electron chi connectivity index (χ1n) is 24.5. The van der Waals surface area contributed by atoms with Gasteiger partial charge in [0.1, 0.15) is 11.2 Å². The highest BCUT2D eigenvalue weighted by atomic mass is 16.6. The van der Waals surface area contributed by atoms with E-state index in [1.807, 2.05) is 24.3 Å². The molecule has 4 amide bonds. The largest absolute Gasteiger partial charge is 0.465 e. The lowest BCUT2D eigenvalue weighted by Gasteiger charge is -2.40. The van der Waals surface area contributed by atoms with Gasteiger partial charge in [0, 0.05) is 26.2 Å². The van der Waals surface area contributed by atoms with Crippen molar-refractivity contribution in [2.24, 2.45) is 0 Å². The number of Topliss-reactive ketones (excluding diaryl/α,β-unsaturated/α-hetero) is 2. The van der Waals surface area contributed by atoms with E-state index >= 15 is 0 Å². The van der Waals surface area contributed by atoms with Crippen molar-refractivity contribution in [2.75, 3.05) is 23.4 Å². The summed E-state index contributed by atoms with van der Waals surface area (Å²) in [5, 5.41) is 5.90. The lowest BCUT2D eigenvalue weighted by molar-refractivity contribution is -0.154. The van der Waals surface area contributed by atoms with Crippen molar-refractivity contribution in [2.45, 2.75) is 142 Å². The molecule has 4 aromatic rings. The van der Waals surface area contributed by atoms with E-state index in [1.54, 1.807) is 79.7 Å². The van der Waals surface area contributed by atoms with Gasteiger partial charge in [0.25, 0.3) is 17.5 Å². The van der Waals surface area contributed by atoms with Crippen molar-refractivity contribution < 1.29 is 57.3 Å². The second-order valence-corrected chi connectivity index (χ2v) is 20.5. The molecule has 16 nitrogen and oxygen atoms in total. The fraction of sp³-hybridized carbons (Fsp3) is 0.429. The highest BCUT2D eigenvalue weighted by Crippen LogP contribution is 2.47. The average molecular weight is 985 g/mol. The van der Waals surface area contributed by atoms with Crippen LogP contribution in [0.15, 0.2) is 84.9 Å². The molecule has 380 valence electrons. The van der Waals surface area contributed by atoms with Crippen molar-refractivity contribution in [3.63, 3.8) is 0 Å². The smallest absolute Gasteiger partial charge is 0.422 e. The average Bonchev–Trinajstić information content (AvgIpc) is 4.01. The summed E-state index contributed by atoms with van der Waals surface area (Å²) >= 11 is 0. The van der Waals surface area contributed by atoms with Crippen LogP contribution in [0.2, 0.25) is 0 Å². The fourth-order valence-corrected chi connectivity index (χ4v) is 9.37. The Kier molecular flexibility index (Phi) is 15.5. The van der Waals surface area contributed by atoms with E-state index < -0.39 is 57.6 Å². The maximum absolute atomic E-state index is 13.6. The lowest BCUT2D eigenvalue weighted by atomic mass is 9.64. The number of carbonyl (C=O) groups is 8. The van der Waals surface area contributed by atoms with E-state index in [1.165, 1.54) is 28.2 Å². The molecule has 0 radical (unpaired) electrons. The monoisotopic (exact) mass is 984 g/mol. The van der Waals surface area contributed by atoms with Gasteiger partial charge in [-0.15, -0.1) is 0 Å². The molecular weight excluding hydrogens is 921 g/mol. The molecule has 2 N–H and O–H groups in total. The Labute approximate surface area is 420 Å². The standard InChI is InChI=1S/C28H32N2O6.C20H23NO6.C8H9N/c1-5-35-25(33)28(13-8-14-28)20-11-12-22(29-26(34)36-27(2,3)4)21(15-20)23(31)24(32)30-16-18-9-6-7-10-19(18)17-30;1-5-26-17(24)20(9-6-10-20)12-7-8-14-13(11-12)15(22)16(23)21(14)18(25)27-19(2,3)4;1-2-4-8-6-9-5-7(8)3-1/h6-7,9-12,15H,5,8,13-14,16-17H2,1-4H3,(H,29,34);7-8,11H,5-6,9-10H2,1-4H3;1-4,9H,5-6H2. The van der Waals surface area contributed by atoms with Crippen molar-refractivity contribution >= 4 is 58.9 Å². The minimum absolute atomic E-state index is 0.0230. The van der Waals surface area contributed by atoms with Gasteiger partial charge in [-0.2, -0.15) is 0 Å². The summed E-state index contributed by atoms with van der Waals surface area (Å²) in [6, 6.07) is 25.7. The van der Waals surface area contributed by atoms with Gasteiger partial charge < -0.3 is 29.2 Å².